The van der Waals surface area contributed by atoms with Gasteiger partial charge in [0.2, 0.25) is 0 Å². The number of rotatable bonds is 3. The van der Waals surface area contributed by atoms with Crippen molar-refractivity contribution in [1.82, 2.24) is 9.80 Å². The van der Waals surface area contributed by atoms with Crippen molar-refractivity contribution in [3.63, 3.8) is 0 Å². The molecule has 1 atom stereocenters. The fourth-order valence-electron chi connectivity index (χ4n) is 3.40. The van der Waals surface area contributed by atoms with Crippen molar-refractivity contribution in [3.8, 4) is 0 Å². The molecule has 0 bridgehead atoms. The summed E-state index contributed by atoms with van der Waals surface area (Å²) in [6.07, 6.45) is 1.37. The highest BCUT2D eigenvalue weighted by molar-refractivity contribution is 7.07. The first-order chi connectivity index (χ1) is 13.1. The molecule has 1 fully saturated rings. The lowest BCUT2D eigenvalue weighted by Gasteiger charge is -2.37. The van der Waals surface area contributed by atoms with E-state index < -0.39 is 0 Å². The van der Waals surface area contributed by atoms with Crippen molar-refractivity contribution in [1.29, 1.82) is 0 Å². The van der Waals surface area contributed by atoms with E-state index in [4.69, 9.17) is 4.42 Å². The first kappa shape index (κ1) is 17.8. The van der Waals surface area contributed by atoms with E-state index in [-0.39, 0.29) is 11.5 Å². The molecule has 1 aromatic carbocycles. The molecule has 0 spiro atoms. The van der Waals surface area contributed by atoms with Crippen LogP contribution in [0.3, 0.4) is 0 Å². The van der Waals surface area contributed by atoms with Crippen molar-refractivity contribution >= 4 is 34.0 Å². The van der Waals surface area contributed by atoms with Gasteiger partial charge in [-0.05, 0) is 47.5 Å². The highest BCUT2D eigenvalue weighted by atomic mass is 32.1. The molecule has 3 aromatic rings. The molecule has 4 rings (SSSR count). The molecule has 6 nitrogen and oxygen atoms in total. The van der Waals surface area contributed by atoms with Gasteiger partial charge in [-0.25, -0.2) is 4.79 Å². The van der Waals surface area contributed by atoms with Crippen molar-refractivity contribution in [3.05, 3.63) is 63.1 Å². The molecule has 0 saturated carbocycles. The van der Waals surface area contributed by atoms with Crippen LogP contribution in [0.5, 0.6) is 0 Å². The SMILES string of the molecule is CC(c1ccsc1)N1CCN(C(=O)Nc2ccc3occc(=O)c3c2)CC1. The minimum atomic E-state index is -0.141. The number of carbonyl (C=O) groups excluding carboxylic acids is 1. The highest BCUT2D eigenvalue weighted by Gasteiger charge is 2.25. The zero-order valence-electron chi connectivity index (χ0n) is 15.1. The summed E-state index contributed by atoms with van der Waals surface area (Å²) in [6, 6.07) is 8.87. The molecule has 0 aliphatic carbocycles. The largest absolute Gasteiger partial charge is 0.464 e. The second-order valence-electron chi connectivity index (χ2n) is 6.68. The first-order valence-corrected chi connectivity index (χ1v) is 9.90. The average molecular weight is 383 g/mol. The Morgan fingerprint density at radius 3 is 2.74 bits per heavy atom. The molecule has 3 heterocycles. The lowest BCUT2D eigenvalue weighted by molar-refractivity contribution is 0.119. The van der Waals surface area contributed by atoms with Crippen molar-refractivity contribution in [2.24, 2.45) is 0 Å². The van der Waals surface area contributed by atoms with E-state index in [1.165, 1.54) is 17.9 Å². The number of fused-ring (bicyclic) bond motifs is 1. The number of piperazine rings is 1. The number of anilines is 1. The second kappa shape index (κ2) is 7.54. The normalized spacial score (nSPS) is 16.4. The third kappa shape index (κ3) is 3.74. The van der Waals surface area contributed by atoms with Crippen LogP contribution in [0.2, 0.25) is 0 Å². The summed E-state index contributed by atoms with van der Waals surface area (Å²) in [5.74, 6) is 0. The van der Waals surface area contributed by atoms with Gasteiger partial charge >= 0.3 is 6.03 Å². The maximum absolute atomic E-state index is 12.6. The van der Waals surface area contributed by atoms with Crippen LogP contribution in [-0.2, 0) is 0 Å². The summed E-state index contributed by atoms with van der Waals surface area (Å²) in [4.78, 5) is 28.7. The maximum Gasteiger partial charge on any atom is 0.321 e. The van der Waals surface area contributed by atoms with Crippen LogP contribution < -0.4 is 10.7 Å². The van der Waals surface area contributed by atoms with Gasteiger partial charge in [-0.1, -0.05) is 0 Å². The quantitative estimate of drug-likeness (QED) is 0.748. The van der Waals surface area contributed by atoms with Crippen LogP contribution in [-0.4, -0.2) is 42.0 Å². The van der Waals surface area contributed by atoms with Crippen molar-refractivity contribution in [2.75, 3.05) is 31.5 Å². The van der Waals surface area contributed by atoms with E-state index in [0.717, 1.165) is 13.1 Å². The van der Waals surface area contributed by atoms with Crippen LogP contribution in [0.1, 0.15) is 18.5 Å². The number of carbonyl (C=O) groups is 1. The average Bonchev–Trinajstić information content (AvgIpc) is 3.23. The molecule has 1 aliphatic rings. The zero-order chi connectivity index (χ0) is 18.8. The Labute approximate surface area is 161 Å². The van der Waals surface area contributed by atoms with Crippen LogP contribution in [0.25, 0.3) is 11.0 Å². The van der Waals surface area contributed by atoms with Gasteiger partial charge in [0.05, 0.1) is 11.6 Å². The number of hydrogen-bond acceptors (Lipinski definition) is 5. The number of amides is 2. The molecular weight excluding hydrogens is 362 g/mol. The minimum absolute atomic E-state index is 0.122. The monoisotopic (exact) mass is 383 g/mol. The van der Waals surface area contributed by atoms with E-state index in [1.54, 1.807) is 29.5 Å². The van der Waals surface area contributed by atoms with Crippen molar-refractivity contribution in [2.45, 2.75) is 13.0 Å². The molecule has 1 N–H and O–H groups in total. The summed E-state index contributed by atoms with van der Waals surface area (Å²) >= 11 is 1.71. The third-order valence-corrected chi connectivity index (χ3v) is 5.79. The molecule has 2 amide bonds. The van der Waals surface area contributed by atoms with Gasteiger partial charge in [-0.15, -0.1) is 0 Å². The Morgan fingerprint density at radius 2 is 2.00 bits per heavy atom. The van der Waals surface area contributed by atoms with E-state index in [2.05, 4.69) is 34.0 Å². The Kier molecular flexibility index (Phi) is 4.96. The van der Waals surface area contributed by atoms with Crippen molar-refractivity contribution < 1.29 is 9.21 Å². The number of thiophene rings is 1. The Bertz CT molecular complexity index is 991. The van der Waals surface area contributed by atoms with E-state index in [1.807, 2.05) is 4.90 Å². The van der Waals surface area contributed by atoms with Gasteiger partial charge in [0.15, 0.2) is 5.43 Å². The van der Waals surface area contributed by atoms with Gasteiger partial charge in [-0.3, -0.25) is 9.69 Å². The van der Waals surface area contributed by atoms with Gasteiger partial charge in [0.1, 0.15) is 5.58 Å². The molecular formula is C20H21N3O3S. The minimum Gasteiger partial charge on any atom is -0.464 e. The standard InChI is InChI=1S/C20H21N3O3S/c1-14(15-5-11-27-13-15)22-6-8-23(9-7-22)20(25)21-16-2-3-19-17(12-16)18(24)4-10-26-19/h2-5,10-14H,6-9H2,1H3,(H,21,25). The van der Waals surface area contributed by atoms with Gasteiger partial charge in [0.25, 0.3) is 0 Å². The lowest BCUT2D eigenvalue weighted by atomic mass is 10.1. The fraction of sp³-hybridized carbons (Fsp3) is 0.300. The van der Waals surface area contributed by atoms with Gasteiger partial charge < -0.3 is 14.6 Å². The maximum atomic E-state index is 12.6. The fourth-order valence-corrected chi connectivity index (χ4v) is 4.15. The van der Waals surface area contributed by atoms with Crippen LogP contribution in [0.15, 0.2) is 56.6 Å². The third-order valence-electron chi connectivity index (χ3n) is 5.09. The lowest BCUT2D eigenvalue weighted by Crippen LogP contribution is -2.50. The zero-order valence-corrected chi connectivity index (χ0v) is 15.9. The first-order valence-electron chi connectivity index (χ1n) is 8.95. The van der Waals surface area contributed by atoms with E-state index in [0.29, 0.717) is 35.8 Å². The summed E-state index contributed by atoms with van der Waals surface area (Å²) in [5.41, 5.74) is 2.31. The number of hydrogen-bond donors (Lipinski definition) is 1. The molecule has 140 valence electrons. The highest BCUT2D eigenvalue weighted by Crippen LogP contribution is 2.24. The summed E-state index contributed by atoms with van der Waals surface area (Å²) in [6.45, 7) is 5.24. The predicted molar refractivity (Wildman–Crippen MR) is 107 cm³/mol. The number of nitrogens with one attached hydrogen (secondary N) is 1. The van der Waals surface area contributed by atoms with Gasteiger partial charge in [-0.2, -0.15) is 11.3 Å². The molecule has 1 saturated heterocycles. The van der Waals surface area contributed by atoms with Crippen LogP contribution >= 0.6 is 11.3 Å². The number of urea groups is 1. The smallest absolute Gasteiger partial charge is 0.321 e. The molecule has 27 heavy (non-hydrogen) atoms. The second-order valence-corrected chi connectivity index (χ2v) is 7.46. The predicted octanol–water partition coefficient (Wildman–Crippen LogP) is 3.77. The molecule has 2 aromatic heterocycles. The summed E-state index contributed by atoms with van der Waals surface area (Å²) in [5, 5.41) is 7.63. The van der Waals surface area contributed by atoms with E-state index in [9.17, 15) is 9.59 Å². The Balaban J connectivity index is 1.38. The molecule has 0 radical (unpaired) electrons. The van der Waals surface area contributed by atoms with E-state index >= 15 is 0 Å². The van der Waals surface area contributed by atoms with Crippen LogP contribution in [0, 0.1) is 0 Å². The molecule has 1 unspecified atom stereocenters. The summed E-state index contributed by atoms with van der Waals surface area (Å²) < 4.78 is 5.31. The Morgan fingerprint density at radius 1 is 1.19 bits per heavy atom. The number of benzene rings is 1. The topological polar surface area (TPSA) is 65.8 Å². The Hall–Kier alpha value is -2.64. The molecule has 7 heteroatoms. The number of nitrogens with zero attached hydrogens (tertiary/aromatic N) is 2. The molecule has 1 aliphatic heterocycles. The van der Waals surface area contributed by atoms with Crippen LogP contribution in [0.4, 0.5) is 10.5 Å². The summed E-state index contributed by atoms with van der Waals surface area (Å²) in [7, 11) is 0. The van der Waals surface area contributed by atoms with Gasteiger partial charge in [0, 0.05) is 44.0 Å².